The van der Waals surface area contributed by atoms with Gasteiger partial charge < -0.3 is 10.2 Å². The first-order chi connectivity index (χ1) is 7.90. The number of carbonyl (C=O) groups is 2. The first-order valence-corrected chi connectivity index (χ1v) is 5.95. The Bertz CT molecular complexity index is 334. The molecule has 0 atom stereocenters. The predicted molar refractivity (Wildman–Crippen MR) is 63.4 cm³/mol. The van der Waals surface area contributed by atoms with Crippen LogP contribution in [0.3, 0.4) is 0 Å². The summed E-state index contributed by atoms with van der Waals surface area (Å²) in [6, 6.07) is -0.279. The molecule has 17 heavy (non-hydrogen) atoms. The molecule has 6 heteroatoms. The normalized spacial score (nSPS) is 26.4. The minimum absolute atomic E-state index is 0.138. The van der Waals surface area contributed by atoms with Gasteiger partial charge in [0.1, 0.15) is 5.54 Å². The van der Waals surface area contributed by atoms with Gasteiger partial charge in [-0.25, -0.2) is 9.69 Å². The standard InChI is InChI=1S/C11H20N4O2/c1-11(2)9(16)15(10(17)12-11)8-14-6-4-13(3)5-7-14/h4-8H2,1-3H3,(H,12,17). The number of urea groups is 1. The lowest BCUT2D eigenvalue weighted by Gasteiger charge is -2.34. The first kappa shape index (κ1) is 12.3. The maximum atomic E-state index is 12.0. The van der Waals surface area contributed by atoms with Gasteiger partial charge in [-0.3, -0.25) is 9.69 Å². The minimum Gasteiger partial charge on any atom is -0.324 e. The van der Waals surface area contributed by atoms with E-state index in [-0.39, 0.29) is 11.9 Å². The van der Waals surface area contributed by atoms with E-state index in [1.165, 1.54) is 4.90 Å². The van der Waals surface area contributed by atoms with Crippen LogP contribution in [0.5, 0.6) is 0 Å². The van der Waals surface area contributed by atoms with E-state index in [1.54, 1.807) is 13.8 Å². The van der Waals surface area contributed by atoms with E-state index in [0.717, 1.165) is 26.2 Å². The third kappa shape index (κ3) is 2.42. The first-order valence-electron chi connectivity index (χ1n) is 5.95. The molecule has 2 rings (SSSR count). The molecule has 0 saturated carbocycles. The summed E-state index contributed by atoms with van der Waals surface area (Å²) in [5, 5.41) is 2.69. The van der Waals surface area contributed by atoms with Crippen molar-refractivity contribution in [2.45, 2.75) is 19.4 Å². The Morgan fingerprint density at radius 2 is 1.76 bits per heavy atom. The molecule has 0 aromatic carbocycles. The van der Waals surface area contributed by atoms with E-state index in [4.69, 9.17) is 0 Å². The highest BCUT2D eigenvalue weighted by Gasteiger charge is 2.44. The van der Waals surface area contributed by atoms with Crippen LogP contribution in [0.25, 0.3) is 0 Å². The molecular formula is C11H20N4O2. The number of piperazine rings is 1. The Hall–Kier alpha value is -1.14. The van der Waals surface area contributed by atoms with Gasteiger partial charge >= 0.3 is 6.03 Å². The summed E-state index contributed by atoms with van der Waals surface area (Å²) < 4.78 is 0. The molecule has 96 valence electrons. The summed E-state index contributed by atoms with van der Waals surface area (Å²) in [5.41, 5.74) is -0.760. The van der Waals surface area contributed by atoms with Crippen LogP contribution in [-0.4, -0.2) is 72.1 Å². The SMILES string of the molecule is CN1CCN(CN2C(=O)NC(C)(C)C2=O)CC1. The van der Waals surface area contributed by atoms with Crippen LogP contribution < -0.4 is 5.32 Å². The Balaban J connectivity index is 1.95. The van der Waals surface area contributed by atoms with Gasteiger partial charge in [0, 0.05) is 26.2 Å². The van der Waals surface area contributed by atoms with Crippen molar-refractivity contribution in [2.24, 2.45) is 0 Å². The summed E-state index contributed by atoms with van der Waals surface area (Å²) in [6.07, 6.45) is 0. The molecule has 2 aliphatic rings. The lowest BCUT2D eigenvalue weighted by molar-refractivity contribution is -0.131. The quantitative estimate of drug-likeness (QED) is 0.663. The summed E-state index contributed by atoms with van der Waals surface area (Å²) in [6.45, 7) is 7.62. The number of hydrogen-bond donors (Lipinski definition) is 1. The summed E-state index contributed by atoms with van der Waals surface area (Å²) in [5.74, 6) is -0.138. The van der Waals surface area contributed by atoms with Crippen molar-refractivity contribution in [3.05, 3.63) is 0 Å². The van der Waals surface area contributed by atoms with E-state index in [9.17, 15) is 9.59 Å². The topological polar surface area (TPSA) is 55.9 Å². The van der Waals surface area contributed by atoms with Gasteiger partial charge in [0.25, 0.3) is 5.91 Å². The largest absolute Gasteiger partial charge is 0.326 e. The number of rotatable bonds is 2. The number of likely N-dealkylation sites (N-methyl/N-ethyl adjacent to an activating group) is 1. The Kier molecular flexibility index (Phi) is 3.09. The average molecular weight is 240 g/mol. The van der Waals surface area contributed by atoms with E-state index < -0.39 is 5.54 Å². The molecule has 1 N–H and O–H groups in total. The van der Waals surface area contributed by atoms with E-state index in [2.05, 4.69) is 22.2 Å². The van der Waals surface area contributed by atoms with Gasteiger partial charge in [0.2, 0.25) is 0 Å². The minimum atomic E-state index is -0.760. The molecule has 2 saturated heterocycles. The van der Waals surface area contributed by atoms with Gasteiger partial charge in [-0.2, -0.15) is 0 Å². The molecule has 2 fully saturated rings. The van der Waals surface area contributed by atoms with Gasteiger partial charge in [-0.1, -0.05) is 0 Å². The molecule has 0 aromatic rings. The molecule has 0 unspecified atom stereocenters. The predicted octanol–water partition coefficient (Wildman–Crippen LogP) is -0.478. The zero-order chi connectivity index (χ0) is 12.6. The Morgan fingerprint density at radius 1 is 1.18 bits per heavy atom. The third-order valence-corrected chi connectivity index (χ3v) is 3.38. The molecule has 0 aromatic heterocycles. The van der Waals surface area contributed by atoms with Crippen LogP contribution in [-0.2, 0) is 4.79 Å². The molecule has 2 aliphatic heterocycles. The number of hydrogen-bond acceptors (Lipinski definition) is 4. The highest BCUT2D eigenvalue weighted by molar-refractivity contribution is 6.06. The fourth-order valence-electron chi connectivity index (χ4n) is 2.14. The third-order valence-electron chi connectivity index (χ3n) is 3.38. The zero-order valence-corrected chi connectivity index (χ0v) is 10.7. The fourth-order valence-corrected chi connectivity index (χ4v) is 2.14. The van der Waals surface area contributed by atoms with Crippen LogP contribution in [0.1, 0.15) is 13.8 Å². The fraction of sp³-hybridized carbons (Fsp3) is 0.818. The van der Waals surface area contributed by atoms with Crippen LogP contribution in [0.2, 0.25) is 0 Å². The molecule has 0 spiro atoms. The van der Waals surface area contributed by atoms with Crippen LogP contribution >= 0.6 is 0 Å². The Morgan fingerprint density at radius 3 is 2.24 bits per heavy atom. The molecule has 6 nitrogen and oxygen atoms in total. The van der Waals surface area contributed by atoms with Crippen molar-refractivity contribution in [2.75, 3.05) is 39.9 Å². The van der Waals surface area contributed by atoms with E-state index in [0.29, 0.717) is 6.67 Å². The second-order valence-corrected chi connectivity index (χ2v) is 5.35. The van der Waals surface area contributed by atoms with Gasteiger partial charge in [0.15, 0.2) is 0 Å². The van der Waals surface area contributed by atoms with Gasteiger partial charge in [0.05, 0.1) is 6.67 Å². The smallest absolute Gasteiger partial charge is 0.324 e. The highest BCUT2D eigenvalue weighted by Crippen LogP contribution is 2.17. The molecule has 0 radical (unpaired) electrons. The number of carbonyl (C=O) groups excluding carboxylic acids is 2. The van der Waals surface area contributed by atoms with Crippen LogP contribution in [0.15, 0.2) is 0 Å². The lowest BCUT2D eigenvalue weighted by Crippen LogP contribution is -2.50. The molecule has 0 bridgehead atoms. The Labute approximate surface area is 102 Å². The van der Waals surface area contributed by atoms with Crippen molar-refractivity contribution in [1.82, 2.24) is 20.0 Å². The number of nitrogens with one attached hydrogen (secondary N) is 1. The summed E-state index contributed by atoms with van der Waals surface area (Å²) in [4.78, 5) is 29.4. The van der Waals surface area contributed by atoms with Crippen molar-refractivity contribution in [3.63, 3.8) is 0 Å². The molecular weight excluding hydrogens is 220 g/mol. The van der Waals surface area contributed by atoms with E-state index in [1.807, 2.05) is 0 Å². The van der Waals surface area contributed by atoms with Gasteiger partial charge in [-0.05, 0) is 20.9 Å². The highest BCUT2D eigenvalue weighted by atomic mass is 16.2. The van der Waals surface area contributed by atoms with E-state index >= 15 is 0 Å². The molecule has 3 amide bonds. The lowest BCUT2D eigenvalue weighted by atomic mass is 10.1. The second kappa shape index (κ2) is 4.27. The van der Waals surface area contributed by atoms with Gasteiger partial charge in [-0.15, -0.1) is 0 Å². The molecule has 0 aliphatic carbocycles. The van der Waals surface area contributed by atoms with Crippen LogP contribution in [0.4, 0.5) is 4.79 Å². The monoisotopic (exact) mass is 240 g/mol. The van der Waals surface area contributed by atoms with Crippen molar-refractivity contribution in [1.29, 1.82) is 0 Å². The maximum Gasteiger partial charge on any atom is 0.326 e. The maximum absolute atomic E-state index is 12.0. The van der Waals surface area contributed by atoms with Crippen molar-refractivity contribution in [3.8, 4) is 0 Å². The molecule has 2 heterocycles. The number of amides is 3. The van der Waals surface area contributed by atoms with Crippen molar-refractivity contribution >= 4 is 11.9 Å². The van der Waals surface area contributed by atoms with Crippen LogP contribution in [0, 0.1) is 0 Å². The van der Waals surface area contributed by atoms with Crippen molar-refractivity contribution < 1.29 is 9.59 Å². The summed E-state index contributed by atoms with van der Waals surface area (Å²) >= 11 is 0. The summed E-state index contributed by atoms with van der Waals surface area (Å²) in [7, 11) is 2.08. The second-order valence-electron chi connectivity index (χ2n) is 5.35. The zero-order valence-electron chi connectivity index (χ0n) is 10.7. The average Bonchev–Trinajstić information content (AvgIpc) is 2.44. The number of imide groups is 1. The number of nitrogens with zero attached hydrogens (tertiary/aromatic N) is 3.